The fourth-order valence-corrected chi connectivity index (χ4v) is 9.69. The van der Waals surface area contributed by atoms with E-state index in [0.29, 0.717) is 18.4 Å². The van der Waals surface area contributed by atoms with Crippen LogP contribution in [-0.2, 0) is 64.0 Å². The Kier molecular flexibility index (Phi) is 27.9. The molecule has 0 spiro atoms. The fourth-order valence-electron chi connectivity index (χ4n) is 7.41. The number of hydrogen-bond donors (Lipinski definition) is 15. The van der Waals surface area contributed by atoms with Gasteiger partial charge in [0, 0.05) is 44.4 Å². The van der Waals surface area contributed by atoms with Gasteiger partial charge in [0.1, 0.15) is 48.0 Å². The number of carboxylic acid groups (broad SMARTS) is 1. The van der Waals surface area contributed by atoms with Crippen LogP contribution in [0.25, 0.3) is 0 Å². The number of phenolic OH excluding ortho intramolecular Hbond substituents is 1. The van der Waals surface area contributed by atoms with Crippen LogP contribution in [-0.4, -0.2) is 171 Å². The van der Waals surface area contributed by atoms with E-state index < -0.39 is 151 Å². The van der Waals surface area contributed by atoms with E-state index in [0.717, 1.165) is 28.5 Å². The third kappa shape index (κ3) is 23.4. The SMILES string of the molecule is CC(=O)O.CC[C@@H](C)[C@@H]1NC(=O)[C@H](Cc2ccc(O)cc2)NC(=O)[C@@H](N)CSSC[C@@H](C(=O)N2CCC[C@H]2C(=O)N[C@@H](CCCN=C(N)N)C(=O)NCC(N)=O)NC(=O)[C@H](CC(N)=O)NC(=O)[C@H](CCC(N)=O)NC1=O. The molecular formula is C45H71N15O14S2. The third-order valence-corrected chi connectivity index (χ3v) is 14.0. The van der Waals surface area contributed by atoms with E-state index in [1.165, 1.54) is 29.2 Å². The molecule has 2 aliphatic heterocycles. The smallest absolute Gasteiger partial charge is 0.300 e. The summed E-state index contributed by atoms with van der Waals surface area (Å²) < 4.78 is 0. The van der Waals surface area contributed by atoms with Crippen molar-refractivity contribution in [1.29, 1.82) is 0 Å². The van der Waals surface area contributed by atoms with Crippen LogP contribution in [0.5, 0.6) is 5.75 Å². The molecule has 21 N–H and O–H groups in total. The second kappa shape index (κ2) is 32.8. The zero-order valence-electron chi connectivity index (χ0n) is 42.4. The number of benzene rings is 1. The lowest BCUT2D eigenvalue weighted by Gasteiger charge is -2.31. The van der Waals surface area contributed by atoms with Crippen molar-refractivity contribution in [3.05, 3.63) is 29.8 Å². The molecule has 2 saturated heterocycles. The highest BCUT2D eigenvalue weighted by Crippen LogP contribution is 2.26. The van der Waals surface area contributed by atoms with Crippen LogP contribution < -0.4 is 71.6 Å². The van der Waals surface area contributed by atoms with Crippen molar-refractivity contribution in [2.45, 2.75) is 127 Å². The molecule has 1 aromatic carbocycles. The highest BCUT2D eigenvalue weighted by Gasteiger charge is 2.41. The molecule has 11 amide bonds. The minimum absolute atomic E-state index is 0.00520. The van der Waals surface area contributed by atoms with Crippen molar-refractivity contribution in [3.63, 3.8) is 0 Å². The number of amides is 11. The average molecular weight is 1110 g/mol. The maximum absolute atomic E-state index is 14.5. The molecule has 0 unspecified atom stereocenters. The van der Waals surface area contributed by atoms with Crippen LogP contribution in [0.3, 0.4) is 0 Å². The van der Waals surface area contributed by atoms with Gasteiger partial charge in [0.2, 0.25) is 65.0 Å². The number of guanidine groups is 1. The van der Waals surface area contributed by atoms with E-state index in [1.54, 1.807) is 13.8 Å². The van der Waals surface area contributed by atoms with Gasteiger partial charge in [0.25, 0.3) is 5.97 Å². The fraction of sp³-hybridized carbons (Fsp3) is 0.578. The van der Waals surface area contributed by atoms with Gasteiger partial charge in [0.05, 0.1) is 19.0 Å². The van der Waals surface area contributed by atoms with Crippen molar-refractivity contribution in [1.82, 2.24) is 42.1 Å². The first kappa shape index (κ1) is 64.7. The molecule has 9 atom stereocenters. The number of aliphatic carboxylic acids is 1. The molecule has 76 heavy (non-hydrogen) atoms. The summed E-state index contributed by atoms with van der Waals surface area (Å²) >= 11 is 0. The van der Waals surface area contributed by atoms with Crippen molar-refractivity contribution >= 4 is 98.5 Å². The van der Waals surface area contributed by atoms with Gasteiger partial charge < -0.3 is 86.7 Å². The van der Waals surface area contributed by atoms with Crippen LogP contribution in [0.2, 0.25) is 0 Å². The van der Waals surface area contributed by atoms with Crippen molar-refractivity contribution in [2.24, 2.45) is 45.3 Å². The summed E-state index contributed by atoms with van der Waals surface area (Å²) in [6.45, 7) is 4.03. The summed E-state index contributed by atoms with van der Waals surface area (Å²) in [7, 11) is 2.00. The van der Waals surface area contributed by atoms with Gasteiger partial charge in [-0.15, -0.1) is 0 Å². The van der Waals surface area contributed by atoms with Gasteiger partial charge in [-0.3, -0.25) is 62.5 Å². The predicted octanol–water partition coefficient (Wildman–Crippen LogP) is -5.51. The third-order valence-electron chi connectivity index (χ3n) is 11.5. The van der Waals surface area contributed by atoms with Gasteiger partial charge >= 0.3 is 0 Å². The molecule has 2 aliphatic rings. The number of carboxylic acids is 1. The van der Waals surface area contributed by atoms with Gasteiger partial charge in [-0.2, -0.15) is 0 Å². The molecule has 31 heteroatoms. The molecule has 1 aromatic rings. The van der Waals surface area contributed by atoms with Crippen LogP contribution in [0.4, 0.5) is 0 Å². The Hall–Kier alpha value is -7.41. The number of nitrogens with zero attached hydrogens (tertiary/aromatic N) is 2. The van der Waals surface area contributed by atoms with Crippen LogP contribution in [0, 0.1) is 5.92 Å². The molecule has 2 heterocycles. The first-order valence-corrected chi connectivity index (χ1v) is 26.5. The summed E-state index contributed by atoms with van der Waals surface area (Å²) in [5.74, 6) is -11.8. The highest BCUT2D eigenvalue weighted by molar-refractivity contribution is 8.76. The van der Waals surface area contributed by atoms with Gasteiger partial charge in [-0.25, -0.2) is 0 Å². The number of hydrogen-bond acceptors (Lipinski definition) is 17. The Labute approximate surface area is 445 Å². The normalized spacial score (nSPS) is 22.7. The lowest BCUT2D eigenvalue weighted by Crippen LogP contribution is -2.61. The number of rotatable bonds is 19. The van der Waals surface area contributed by atoms with E-state index >= 15 is 0 Å². The zero-order valence-corrected chi connectivity index (χ0v) is 44.0. The van der Waals surface area contributed by atoms with Crippen molar-refractivity contribution < 1.29 is 67.7 Å². The Morgan fingerprint density at radius 1 is 0.803 bits per heavy atom. The largest absolute Gasteiger partial charge is 0.508 e. The van der Waals surface area contributed by atoms with E-state index in [9.17, 15) is 57.8 Å². The Morgan fingerprint density at radius 3 is 1.99 bits per heavy atom. The van der Waals surface area contributed by atoms with E-state index in [4.69, 9.17) is 44.3 Å². The predicted molar refractivity (Wildman–Crippen MR) is 278 cm³/mol. The summed E-state index contributed by atoms with van der Waals surface area (Å²) in [4.78, 5) is 161. The van der Waals surface area contributed by atoms with Gasteiger partial charge in [-0.05, 0) is 55.7 Å². The van der Waals surface area contributed by atoms with Gasteiger partial charge in [-0.1, -0.05) is 54.0 Å². The Balaban J connectivity index is 0.00000476. The molecule has 0 radical (unpaired) electrons. The number of carbonyl (C=O) groups is 12. The summed E-state index contributed by atoms with van der Waals surface area (Å²) in [5.41, 5.74) is 33.7. The number of primary amides is 3. The maximum Gasteiger partial charge on any atom is 0.300 e. The summed E-state index contributed by atoms with van der Waals surface area (Å²) in [6.07, 6.45) is -0.813. The van der Waals surface area contributed by atoms with E-state index in [2.05, 4.69) is 42.2 Å². The number of likely N-dealkylation sites (tertiary alicyclic amines) is 1. The number of aliphatic imine (C=N–C) groups is 1. The molecule has 2 fully saturated rings. The quantitative estimate of drug-likeness (QED) is 0.0266. The minimum atomic E-state index is -1.78. The molecule has 0 bridgehead atoms. The first-order chi connectivity index (χ1) is 35.7. The lowest BCUT2D eigenvalue weighted by atomic mass is 9.96. The zero-order chi connectivity index (χ0) is 57.2. The minimum Gasteiger partial charge on any atom is -0.508 e. The number of nitrogens with one attached hydrogen (secondary N) is 7. The molecule has 29 nitrogen and oxygen atoms in total. The molecule has 0 aromatic heterocycles. The summed E-state index contributed by atoms with van der Waals surface area (Å²) in [5, 5.41) is 35.0. The number of nitrogens with two attached hydrogens (primary N) is 6. The average Bonchev–Trinajstić information content (AvgIpc) is 3.84. The van der Waals surface area contributed by atoms with Crippen molar-refractivity contribution in [3.8, 4) is 5.75 Å². The molecule has 422 valence electrons. The maximum atomic E-state index is 14.5. The molecule has 3 rings (SSSR count). The van der Waals surface area contributed by atoms with Gasteiger partial charge in [0.15, 0.2) is 5.96 Å². The van der Waals surface area contributed by atoms with Crippen molar-refractivity contribution in [2.75, 3.05) is 31.1 Å². The second-order valence-electron chi connectivity index (χ2n) is 17.7. The van der Waals surface area contributed by atoms with E-state index in [1.807, 2.05) is 0 Å². The van der Waals surface area contributed by atoms with E-state index in [-0.39, 0.29) is 62.0 Å². The molecular weight excluding hydrogens is 1040 g/mol. The van der Waals surface area contributed by atoms with Crippen LogP contribution in [0.1, 0.15) is 77.7 Å². The van der Waals surface area contributed by atoms with Crippen LogP contribution >= 0.6 is 21.6 Å². The first-order valence-electron chi connectivity index (χ1n) is 24.0. The Bertz CT molecular complexity index is 2270. The second-order valence-corrected chi connectivity index (χ2v) is 20.3. The lowest BCUT2D eigenvalue weighted by molar-refractivity contribution is -0.142. The highest BCUT2D eigenvalue weighted by atomic mass is 33.1. The topological polar surface area (TPSA) is 501 Å². The number of carbonyl (C=O) groups excluding carboxylic acids is 11. The standard InChI is InChI=1S/C43H67N15O12S2.C2H4O2/c1-3-21(2)34-41(69)53-26(12-13-31(45)60)37(65)55-28(17-32(46)61)38(66)56-29(20-72-71-19-24(44)35(63)54-27(39(67)57-34)16-22-8-10-23(59)11-9-22)42(70)58-15-5-7-30(58)40(68)52-25(6-4-14-50-43(48)49)36(64)51-18-33(47)62;1-2(3)4/h8-11,21,24-30,34,59H,3-7,12-20,44H2,1-2H3,(H2,45,60)(H2,46,61)(H2,47,62)(H,51,64)(H,52,68)(H,53,69)(H,54,63)(H,55,65)(H,56,66)(H,57,67)(H4,48,49,50);1H3,(H,3,4)/t21-,24+,25+,26+,27+,28+,29+,30+,34+;/m1./s1. The molecule has 0 aliphatic carbocycles. The Morgan fingerprint density at radius 2 is 1.39 bits per heavy atom. The van der Waals surface area contributed by atoms with Crippen LogP contribution in [0.15, 0.2) is 29.3 Å². The summed E-state index contributed by atoms with van der Waals surface area (Å²) in [6, 6.07) is -5.40. The number of phenols is 1. The number of aromatic hydroxyl groups is 1. The monoisotopic (exact) mass is 1110 g/mol. The molecule has 0 saturated carbocycles.